The Labute approximate surface area is 55.4 Å². The van der Waals surface area contributed by atoms with E-state index >= 15 is 0 Å². The topological polar surface area (TPSA) is 41.5 Å². The first-order chi connectivity index (χ1) is 3.41. The van der Waals surface area contributed by atoms with Crippen molar-refractivity contribution >= 4 is 12.4 Å². The van der Waals surface area contributed by atoms with Crippen LogP contribution in [0.1, 0.15) is 6.42 Å². The molecule has 52 valence electrons. The van der Waals surface area contributed by atoms with Gasteiger partial charge in [0.05, 0.1) is 7.11 Å². The maximum Gasteiger partial charge on any atom is 0.0572 e. The average molecular weight is 142 g/mol. The molecule has 0 aliphatic carbocycles. The van der Waals surface area contributed by atoms with Crippen molar-refractivity contribution in [2.45, 2.75) is 6.42 Å². The lowest BCUT2D eigenvalue weighted by atomic mass is 10.5. The van der Waals surface area contributed by atoms with Crippen molar-refractivity contribution in [3.63, 3.8) is 0 Å². The number of halogens is 1. The molecule has 0 unspecified atom stereocenters. The summed E-state index contributed by atoms with van der Waals surface area (Å²) < 4.78 is 0. The first-order valence-corrected chi connectivity index (χ1v) is 2.28. The Balaban J connectivity index is 0. The summed E-state index contributed by atoms with van der Waals surface area (Å²) >= 11 is 0. The Hall–Kier alpha value is 0.170. The minimum atomic E-state index is 0. The quantitative estimate of drug-likeness (QED) is 0.426. The van der Waals surface area contributed by atoms with Gasteiger partial charge in [-0.15, -0.1) is 12.4 Å². The van der Waals surface area contributed by atoms with E-state index in [2.05, 4.69) is 10.3 Å². The lowest BCUT2D eigenvalue weighted by Gasteiger charge is -1.95. The summed E-state index contributed by atoms with van der Waals surface area (Å²) in [7, 11) is 1.55. The normalized spacial score (nSPS) is 8.25. The van der Waals surface area contributed by atoms with Gasteiger partial charge in [-0.3, -0.25) is 0 Å². The van der Waals surface area contributed by atoms with Crippen LogP contribution in [0.3, 0.4) is 0 Å². The molecular weight excluding hydrogens is 130 g/mol. The van der Waals surface area contributed by atoms with E-state index in [1.807, 2.05) is 0 Å². The SMILES string of the molecule is CONCCCO.Cl. The van der Waals surface area contributed by atoms with E-state index < -0.39 is 0 Å². The summed E-state index contributed by atoms with van der Waals surface area (Å²) in [6.07, 6.45) is 0.744. The van der Waals surface area contributed by atoms with Gasteiger partial charge in [0, 0.05) is 13.2 Å². The van der Waals surface area contributed by atoms with Crippen molar-refractivity contribution in [3.8, 4) is 0 Å². The predicted molar refractivity (Wildman–Crippen MR) is 34.0 cm³/mol. The molecule has 0 aromatic rings. The first kappa shape index (κ1) is 11.0. The third kappa shape index (κ3) is 9.48. The van der Waals surface area contributed by atoms with Gasteiger partial charge in [0.1, 0.15) is 0 Å². The van der Waals surface area contributed by atoms with E-state index in [-0.39, 0.29) is 19.0 Å². The lowest BCUT2D eigenvalue weighted by molar-refractivity contribution is 0.0865. The highest BCUT2D eigenvalue weighted by molar-refractivity contribution is 5.85. The molecule has 0 bridgehead atoms. The summed E-state index contributed by atoms with van der Waals surface area (Å²) in [5.41, 5.74) is 2.59. The number of hydrogen-bond donors (Lipinski definition) is 2. The van der Waals surface area contributed by atoms with Gasteiger partial charge < -0.3 is 9.94 Å². The fraction of sp³-hybridized carbons (Fsp3) is 1.00. The Morgan fingerprint density at radius 1 is 1.62 bits per heavy atom. The summed E-state index contributed by atoms with van der Waals surface area (Å²) in [5, 5.41) is 8.20. The monoisotopic (exact) mass is 141 g/mol. The molecule has 0 saturated heterocycles. The van der Waals surface area contributed by atoms with Crippen LogP contribution < -0.4 is 5.48 Å². The highest BCUT2D eigenvalue weighted by Gasteiger charge is 1.78. The fourth-order valence-corrected chi connectivity index (χ4v) is 0.253. The molecule has 0 aliphatic rings. The highest BCUT2D eigenvalue weighted by atomic mass is 35.5. The molecule has 0 radical (unpaired) electrons. The van der Waals surface area contributed by atoms with Gasteiger partial charge in [0.2, 0.25) is 0 Å². The number of aliphatic hydroxyl groups is 1. The van der Waals surface area contributed by atoms with Crippen LogP contribution in [0, 0.1) is 0 Å². The largest absolute Gasteiger partial charge is 0.396 e. The van der Waals surface area contributed by atoms with Crippen LogP contribution in [-0.4, -0.2) is 25.4 Å². The molecule has 8 heavy (non-hydrogen) atoms. The van der Waals surface area contributed by atoms with E-state index in [9.17, 15) is 0 Å². The van der Waals surface area contributed by atoms with Crippen LogP contribution in [0.5, 0.6) is 0 Å². The lowest BCUT2D eigenvalue weighted by Crippen LogP contribution is -2.13. The number of aliphatic hydroxyl groups excluding tert-OH is 1. The number of hydroxylamine groups is 1. The second-order valence-electron chi connectivity index (χ2n) is 1.18. The molecule has 0 saturated carbocycles. The van der Waals surface area contributed by atoms with Gasteiger partial charge in [0.25, 0.3) is 0 Å². The molecular formula is C4H12ClNO2. The maximum atomic E-state index is 8.20. The molecule has 2 N–H and O–H groups in total. The Bertz CT molecular complexity index is 33.2. The van der Waals surface area contributed by atoms with Crippen LogP contribution in [-0.2, 0) is 4.84 Å². The summed E-state index contributed by atoms with van der Waals surface area (Å²) in [4.78, 5) is 4.48. The third-order valence-electron chi connectivity index (χ3n) is 0.581. The minimum Gasteiger partial charge on any atom is -0.396 e. The molecule has 0 fully saturated rings. The van der Waals surface area contributed by atoms with E-state index in [1.54, 1.807) is 7.11 Å². The van der Waals surface area contributed by atoms with Crippen molar-refractivity contribution < 1.29 is 9.94 Å². The molecule has 0 spiro atoms. The molecule has 3 nitrogen and oxygen atoms in total. The second kappa shape index (κ2) is 10.2. The molecule has 0 rings (SSSR count). The van der Waals surface area contributed by atoms with Gasteiger partial charge in [-0.05, 0) is 6.42 Å². The standard InChI is InChI=1S/C4H11NO2.ClH/c1-7-5-3-2-4-6;/h5-6H,2-4H2,1H3;1H. The van der Waals surface area contributed by atoms with Crippen LogP contribution in [0.15, 0.2) is 0 Å². The van der Waals surface area contributed by atoms with Gasteiger partial charge >= 0.3 is 0 Å². The highest BCUT2D eigenvalue weighted by Crippen LogP contribution is 1.68. The zero-order valence-corrected chi connectivity index (χ0v) is 5.70. The minimum absolute atomic E-state index is 0. The molecule has 0 aliphatic heterocycles. The molecule has 0 aromatic carbocycles. The number of hydrogen-bond acceptors (Lipinski definition) is 3. The predicted octanol–water partition coefficient (Wildman–Crippen LogP) is -0.0584. The Morgan fingerprint density at radius 3 is 2.62 bits per heavy atom. The Kier molecular flexibility index (Phi) is 14.1. The summed E-state index contributed by atoms with van der Waals surface area (Å²) in [6, 6.07) is 0. The summed E-state index contributed by atoms with van der Waals surface area (Å²) in [5.74, 6) is 0. The zero-order valence-electron chi connectivity index (χ0n) is 4.89. The van der Waals surface area contributed by atoms with E-state index in [1.165, 1.54) is 0 Å². The van der Waals surface area contributed by atoms with E-state index in [4.69, 9.17) is 5.11 Å². The van der Waals surface area contributed by atoms with Crippen molar-refractivity contribution in [1.82, 2.24) is 5.48 Å². The summed E-state index contributed by atoms with van der Waals surface area (Å²) in [6.45, 7) is 0.934. The van der Waals surface area contributed by atoms with Crippen LogP contribution in [0.25, 0.3) is 0 Å². The van der Waals surface area contributed by atoms with E-state index in [0.717, 1.165) is 6.42 Å². The van der Waals surface area contributed by atoms with Crippen molar-refractivity contribution in [2.24, 2.45) is 0 Å². The number of rotatable bonds is 4. The second-order valence-corrected chi connectivity index (χ2v) is 1.18. The van der Waals surface area contributed by atoms with Gasteiger partial charge in [-0.1, -0.05) is 0 Å². The van der Waals surface area contributed by atoms with Gasteiger partial charge in [0.15, 0.2) is 0 Å². The van der Waals surface area contributed by atoms with Crippen molar-refractivity contribution in [2.75, 3.05) is 20.3 Å². The molecule has 0 amide bonds. The first-order valence-electron chi connectivity index (χ1n) is 2.28. The number of nitrogens with one attached hydrogen (secondary N) is 1. The van der Waals surface area contributed by atoms with Gasteiger partial charge in [-0.2, -0.15) is 0 Å². The average Bonchev–Trinajstić information content (AvgIpc) is 1.69. The van der Waals surface area contributed by atoms with Gasteiger partial charge in [-0.25, -0.2) is 5.48 Å². The molecule has 0 aromatic heterocycles. The third-order valence-corrected chi connectivity index (χ3v) is 0.581. The Morgan fingerprint density at radius 2 is 2.25 bits per heavy atom. The molecule has 0 atom stereocenters. The van der Waals surface area contributed by atoms with Crippen molar-refractivity contribution in [1.29, 1.82) is 0 Å². The fourth-order valence-electron chi connectivity index (χ4n) is 0.253. The molecule has 0 heterocycles. The van der Waals surface area contributed by atoms with Crippen LogP contribution in [0.4, 0.5) is 0 Å². The smallest absolute Gasteiger partial charge is 0.0572 e. The van der Waals surface area contributed by atoms with E-state index in [0.29, 0.717) is 6.54 Å². The van der Waals surface area contributed by atoms with Crippen molar-refractivity contribution in [3.05, 3.63) is 0 Å². The zero-order chi connectivity index (χ0) is 5.54. The molecule has 4 heteroatoms. The maximum absolute atomic E-state index is 8.20. The van der Waals surface area contributed by atoms with Crippen LogP contribution in [0.2, 0.25) is 0 Å². The van der Waals surface area contributed by atoms with Crippen LogP contribution >= 0.6 is 12.4 Å².